The zero-order chi connectivity index (χ0) is 10.7. The third kappa shape index (κ3) is 2.43. The van der Waals surface area contributed by atoms with Crippen molar-refractivity contribution >= 4 is 11.8 Å². The SMILES string of the molecule is CN1CCC(NCC(N)C(N)=O)C1=O. The summed E-state index contributed by atoms with van der Waals surface area (Å²) in [6.07, 6.45) is 0.751. The molecule has 14 heavy (non-hydrogen) atoms. The van der Waals surface area contributed by atoms with Crippen molar-refractivity contribution in [2.45, 2.75) is 18.5 Å². The number of nitrogens with one attached hydrogen (secondary N) is 1. The Bertz CT molecular complexity index is 243. The predicted octanol–water partition coefficient (Wildman–Crippen LogP) is -2.38. The lowest BCUT2D eigenvalue weighted by atomic mass is 10.2. The minimum absolute atomic E-state index is 0.0432. The van der Waals surface area contributed by atoms with Gasteiger partial charge in [-0.25, -0.2) is 0 Å². The quantitative estimate of drug-likeness (QED) is 0.471. The number of likely N-dealkylation sites (N-methyl/N-ethyl adjacent to an activating group) is 1. The van der Waals surface area contributed by atoms with Gasteiger partial charge in [0.25, 0.3) is 0 Å². The van der Waals surface area contributed by atoms with Crippen LogP contribution in [0.4, 0.5) is 0 Å². The van der Waals surface area contributed by atoms with E-state index in [0.29, 0.717) is 0 Å². The maximum atomic E-state index is 11.4. The van der Waals surface area contributed by atoms with Gasteiger partial charge >= 0.3 is 0 Å². The van der Waals surface area contributed by atoms with Crippen molar-refractivity contribution in [1.82, 2.24) is 10.2 Å². The van der Waals surface area contributed by atoms with Crippen LogP contribution in [0.3, 0.4) is 0 Å². The van der Waals surface area contributed by atoms with Crippen LogP contribution >= 0.6 is 0 Å². The average molecular weight is 200 g/mol. The van der Waals surface area contributed by atoms with Crippen LogP contribution in [0, 0.1) is 0 Å². The molecule has 0 saturated carbocycles. The molecule has 1 fully saturated rings. The largest absolute Gasteiger partial charge is 0.368 e. The van der Waals surface area contributed by atoms with Crippen molar-refractivity contribution in [1.29, 1.82) is 0 Å². The zero-order valence-electron chi connectivity index (χ0n) is 8.19. The molecule has 2 unspecified atom stereocenters. The van der Waals surface area contributed by atoms with E-state index < -0.39 is 11.9 Å². The molecule has 0 bridgehead atoms. The number of carbonyl (C=O) groups excluding carboxylic acids is 2. The van der Waals surface area contributed by atoms with Gasteiger partial charge in [0.2, 0.25) is 11.8 Å². The van der Waals surface area contributed by atoms with E-state index in [4.69, 9.17) is 11.5 Å². The van der Waals surface area contributed by atoms with Crippen molar-refractivity contribution in [3.05, 3.63) is 0 Å². The first-order valence-electron chi connectivity index (χ1n) is 4.55. The molecule has 2 amide bonds. The summed E-state index contributed by atoms with van der Waals surface area (Å²) >= 11 is 0. The van der Waals surface area contributed by atoms with Crippen molar-refractivity contribution in [3.63, 3.8) is 0 Å². The fraction of sp³-hybridized carbons (Fsp3) is 0.750. The summed E-state index contributed by atoms with van der Waals surface area (Å²) in [6.45, 7) is 0.988. The van der Waals surface area contributed by atoms with Crippen molar-refractivity contribution < 1.29 is 9.59 Å². The molecule has 80 valence electrons. The summed E-state index contributed by atoms with van der Waals surface area (Å²) in [5.74, 6) is -0.516. The number of amides is 2. The van der Waals surface area contributed by atoms with Gasteiger partial charge in [0, 0.05) is 20.1 Å². The number of rotatable bonds is 4. The zero-order valence-corrected chi connectivity index (χ0v) is 8.19. The van der Waals surface area contributed by atoms with Crippen LogP contribution in [0.1, 0.15) is 6.42 Å². The van der Waals surface area contributed by atoms with E-state index in [2.05, 4.69) is 5.32 Å². The third-order valence-electron chi connectivity index (χ3n) is 2.38. The predicted molar refractivity (Wildman–Crippen MR) is 51.2 cm³/mol. The van der Waals surface area contributed by atoms with Crippen LogP contribution in [0.25, 0.3) is 0 Å². The maximum absolute atomic E-state index is 11.4. The third-order valence-corrected chi connectivity index (χ3v) is 2.38. The number of nitrogens with two attached hydrogens (primary N) is 2. The smallest absolute Gasteiger partial charge is 0.239 e. The summed E-state index contributed by atoms with van der Waals surface area (Å²) in [6, 6.07) is -0.945. The highest BCUT2D eigenvalue weighted by atomic mass is 16.2. The first-order chi connectivity index (χ1) is 6.52. The lowest BCUT2D eigenvalue weighted by molar-refractivity contribution is -0.128. The normalized spacial score (nSPS) is 24.0. The Kier molecular flexibility index (Phi) is 3.43. The number of hydrogen-bond acceptors (Lipinski definition) is 4. The Morgan fingerprint density at radius 1 is 1.79 bits per heavy atom. The molecule has 2 atom stereocenters. The first-order valence-corrected chi connectivity index (χ1v) is 4.55. The molecular weight excluding hydrogens is 184 g/mol. The van der Waals surface area contributed by atoms with Crippen LogP contribution in [0.2, 0.25) is 0 Å². The summed E-state index contributed by atoms with van der Waals surface area (Å²) in [4.78, 5) is 23.7. The molecule has 0 aromatic carbocycles. The van der Waals surface area contributed by atoms with Gasteiger partial charge in [0.15, 0.2) is 0 Å². The minimum Gasteiger partial charge on any atom is -0.368 e. The van der Waals surface area contributed by atoms with E-state index in [9.17, 15) is 9.59 Å². The molecule has 0 aliphatic carbocycles. The molecule has 6 heteroatoms. The van der Waals surface area contributed by atoms with Gasteiger partial charge in [0.05, 0.1) is 12.1 Å². The molecular formula is C8H16N4O2. The lowest BCUT2D eigenvalue weighted by Crippen LogP contribution is -2.48. The molecule has 5 N–H and O–H groups in total. The second kappa shape index (κ2) is 4.39. The van der Waals surface area contributed by atoms with Gasteiger partial charge < -0.3 is 21.7 Å². The number of nitrogens with zero attached hydrogens (tertiary/aromatic N) is 1. The Morgan fingerprint density at radius 3 is 2.86 bits per heavy atom. The van der Waals surface area contributed by atoms with Gasteiger partial charge in [0.1, 0.15) is 0 Å². The number of hydrogen-bond donors (Lipinski definition) is 3. The Balaban J connectivity index is 2.32. The van der Waals surface area contributed by atoms with E-state index in [0.717, 1.165) is 13.0 Å². The molecule has 1 saturated heterocycles. The number of likely N-dealkylation sites (tertiary alicyclic amines) is 1. The summed E-state index contributed by atoms with van der Waals surface area (Å²) in [5.41, 5.74) is 10.4. The second-order valence-electron chi connectivity index (χ2n) is 3.52. The molecule has 6 nitrogen and oxygen atoms in total. The minimum atomic E-state index is -0.728. The van der Waals surface area contributed by atoms with Gasteiger partial charge in [-0.1, -0.05) is 0 Å². The van der Waals surface area contributed by atoms with Crippen molar-refractivity contribution in [3.8, 4) is 0 Å². The van der Waals surface area contributed by atoms with Crippen LogP contribution in [0.5, 0.6) is 0 Å². The second-order valence-corrected chi connectivity index (χ2v) is 3.52. The van der Waals surface area contributed by atoms with Gasteiger partial charge in [-0.05, 0) is 6.42 Å². The molecule has 0 aromatic rings. The van der Waals surface area contributed by atoms with Crippen LogP contribution in [0.15, 0.2) is 0 Å². The molecule has 1 aliphatic heterocycles. The highest BCUT2D eigenvalue weighted by Gasteiger charge is 2.28. The number of carbonyl (C=O) groups is 2. The van der Waals surface area contributed by atoms with E-state index in [1.807, 2.05) is 0 Å². The lowest BCUT2D eigenvalue weighted by Gasteiger charge is -2.14. The molecule has 0 radical (unpaired) electrons. The number of primary amides is 1. The van der Waals surface area contributed by atoms with E-state index in [1.54, 1.807) is 11.9 Å². The molecule has 1 aliphatic rings. The fourth-order valence-corrected chi connectivity index (χ4v) is 1.38. The van der Waals surface area contributed by atoms with Crippen LogP contribution in [-0.2, 0) is 9.59 Å². The monoisotopic (exact) mass is 200 g/mol. The Hall–Kier alpha value is -1.14. The molecule has 1 rings (SSSR count). The highest BCUT2D eigenvalue weighted by molar-refractivity contribution is 5.84. The van der Waals surface area contributed by atoms with Gasteiger partial charge in [-0.15, -0.1) is 0 Å². The maximum Gasteiger partial charge on any atom is 0.239 e. The van der Waals surface area contributed by atoms with Crippen LogP contribution in [-0.4, -0.2) is 48.9 Å². The summed E-state index contributed by atoms with van der Waals surface area (Å²) < 4.78 is 0. The Morgan fingerprint density at radius 2 is 2.43 bits per heavy atom. The molecule has 0 aromatic heterocycles. The van der Waals surface area contributed by atoms with Crippen molar-refractivity contribution in [2.24, 2.45) is 11.5 Å². The van der Waals surface area contributed by atoms with E-state index in [-0.39, 0.29) is 18.5 Å². The first kappa shape index (κ1) is 10.9. The summed E-state index contributed by atoms with van der Waals surface area (Å²) in [7, 11) is 1.75. The molecule has 1 heterocycles. The van der Waals surface area contributed by atoms with Crippen LogP contribution < -0.4 is 16.8 Å². The Labute approximate surface area is 82.6 Å². The summed E-state index contributed by atoms with van der Waals surface area (Å²) in [5, 5.41) is 2.93. The van der Waals surface area contributed by atoms with E-state index >= 15 is 0 Å². The fourth-order valence-electron chi connectivity index (χ4n) is 1.38. The topological polar surface area (TPSA) is 101 Å². The van der Waals surface area contributed by atoms with Crippen molar-refractivity contribution in [2.75, 3.05) is 20.1 Å². The standard InChI is InChI=1S/C8H16N4O2/c1-12-3-2-6(8(12)14)11-4-5(9)7(10)13/h5-6,11H,2-4,9H2,1H3,(H2,10,13). The van der Waals surface area contributed by atoms with Gasteiger partial charge in [-0.3, -0.25) is 9.59 Å². The highest BCUT2D eigenvalue weighted by Crippen LogP contribution is 2.07. The average Bonchev–Trinajstić information content (AvgIpc) is 2.44. The van der Waals surface area contributed by atoms with Gasteiger partial charge in [-0.2, -0.15) is 0 Å². The molecule has 0 spiro atoms. The van der Waals surface area contributed by atoms with E-state index in [1.165, 1.54) is 0 Å².